The SMILES string of the molecule is Cc1ccncc1COC(=O)NCc1ccc(-c2noc(C(F)(F)F)n2)cc1F. The fraction of sp³-hybridized carbons (Fsp3) is 0.222. The van der Waals surface area contributed by atoms with Gasteiger partial charge in [-0.1, -0.05) is 17.3 Å². The van der Waals surface area contributed by atoms with Crippen molar-refractivity contribution in [1.82, 2.24) is 20.4 Å². The van der Waals surface area contributed by atoms with Gasteiger partial charge in [-0.3, -0.25) is 4.98 Å². The molecule has 1 aromatic carbocycles. The van der Waals surface area contributed by atoms with Crippen LogP contribution in [0.1, 0.15) is 22.6 Å². The number of hydrogen-bond donors (Lipinski definition) is 1. The molecule has 0 saturated carbocycles. The Labute approximate surface area is 161 Å². The number of nitrogens with one attached hydrogen (secondary N) is 1. The molecule has 2 heterocycles. The number of halogens is 4. The van der Waals surface area contributed by atoms with Gasteiger partial charge in [0, 0.05) is 35.6 Å². The number of amides is 1. The summed E-state index contributed by atoms with van der Waals surface area (Å²) in [5, 5.41) is 5.58. The van der Waals surface area contributed by atoms with E-state index >= 15 is 0 Å². The molecule has 3 aromatic rings. The van der Waals surface area contributed by atoms with Crippen molar-refractivity contribution in [3.05, 3.63) is 65.1 Å². The van der Waals surface area contributed by atoms with Crippen LogP contribution in [0.3, 0.4) is 0 Å². The normalized spacial score (nSPS) is 11.3. The van der Waals surface area contributed by atoms with Crippen LogP contribution in [0.5, 0.6) is 0 Å². The zero-order valence-electron chi connectivity index (χ0n) is 15.0. The Bertz CT molecular complexity index is 1020. The third-order valence-electron chi connectivity index (χ3n) is 3.91. The van der Waals surface area contributed by atoms with Gasteiger partial charge in [-0.15, -0.1) is 0 Å². The lowest BCUT2D eigenvalue weighted by atomic mass is 10.1. The third kappa shape index (κ3) is 5.06. The number of carbonyl (C=O) groups is 1. The quantitative estimate of drug-likeness (QED) is 0.639. The number of alkyl halides is 3. The second-order valence-electron chi connectivity index (χ2n) is 5.96. The molecular formula is C18H14F4N4O3. The summed E-state index contributed by atoms with van der Waals surface area (Å²) >= 11 is 0. The summed E-state index contributed by atoms with van der Waals surface area (Å²) in [5.41, 5.74) is 1.74. The summed E-state index contributed by atoms with van der Waals surface area (Å²) in [5.74, 6) is -2.68. The lowest BCUT2D eigenvalue weighted by Gasteiger charge is -2.09. The van der Waals surface area contributed by atoms with E-state index in [2.05, 4.69) is 25.0 Å². The summed E-state index contributed by atoms with van der Waals surface area (Å²) in [6.45, 7) is 1.67. The van der Waals surface area contributed by atoms with Crippen molar-refractivity contribution in [2.75, 3.05) is 0 Å². The minimum Gasteiger partial charge on any atom is -0.445 e. The van der Waals surface area contributed by atoms with E-state index in [4.69, 9.17) is 4.74 Å². The highest BCUT2D eigenvalue weighted by molar-refractivity contribution is 5.67. The zero-order valence-corrected chi connectivity index (χ0v) is 15.0. The predicted octanol–water partition coefficient (Wildman–Crippen LogP) is 4.02. The monoisotopic (exact) mass is 410 g/mol. The fourth-order valence-corrected chi connectivity index (χ4v) is 2.30. The molecule has 1 amide bonds. The molecule has 1 N–H and O–H groups in total. The number of aryl methyl sites for hydroxylation is 1. The molecule has 11 heteroatoms. The van der Waals surface area contributed by atoms with Crippen molar-refractivity contribution in [3.63, 3.8) is 0 Å². The highest BCUT2D eigenvalue weighted by Gasteiger charge is 2.38. The highest BCUT2D eigenvalue weighted by Crippen LogP contribution is 2.29. The van der Waals surface area contributed by atoms with E-state index in [0.29, 0.717) is 0 Å². The van der Waals surface area contributed by atoms with Crippen LogP contribution in [0.4, 0.5) is 22.4 Å². The Kier molecular flexibility index (Phi) is 5.76. The average molecular weight is 410 g/mol. The Morgan fingerprint density at radius 1 is 1.24 bits per heavy atom. The van der Waals surface area contributed by atoms with Crippen molar-refractivity contribution in [2.24, 2.45) is 0 Å². The van der Waals surface area contributed by atoms with Crippen LogP contribution >= 0.6 is 0 Å². The van der Waals surface area contributed by atoms with Crippen LogP contribution < -0.4 is 5.32 Å². The Morgan fingerprint density at radius 2 is 2.03 bits per heavy atom. The number of nitrogens with zero attached hydrogens (tertiary/aromatic N) is 3. The van der Waals surface area contributed by atoms with E-state index in [0.717, 1.165) is 17.2 Å². The minimum absolute atomic E-state index is 0.000120. The zero-order chi connectivity index (χ0) is 21.0. The van der Waals surface area contributed by atoms with Gasteiger partial charge in [0.15, 0.2) is 0 Å². The highest BCUT2D eigenvalue weighted by atomic mass is 19.4. The van der Waals surface area contributed by atoms with Gasteiger partial charge in [0.1, 0.15) is 12.4 Å². The van der Waals surface area contributed by atoms with Gasteiger partial charge in [-0.2, -0.15) is 18.2 Å². The summed E-state index contributed by atoms with van der Waals surface area (Å²) in [7, 11) is 0. The van der Waals surface area contributed by atoms with E-state index < -0.39 is 29.8 Å². The summed E-state index contributed by atoms with van der Waals surface area (Å²) in [6.07, 6.45) is -2.36. The molecule has 0 unspecified atom stereocenters. The van der Waals surface area contributed by atoms with Gasteiger partial charge in [0.2, 0.25) is 5.82 Å². The lowest BCUT2D eigenvalue weighted by Crippen LogP contribution is -2.24. The van der Waals surface area contributed by atoms with E-state index in [9.17, 15) is 22.4 Å². The van der Waals surface area contributed by atoms with Crippen LogP contribution in [0, 0.1) is 12.7 Å². The summed E-state index contributed by atoms with van der Waals surface area (Å²) in [4.78, 5) is 18.9. The van der Waals surface area contributed by atoms with Gasteiger partial charge >= 0.3 is 18.2 Å². The van der Waals surface area contributed by atoms with Gasteiger partial charge in [0.25, 0.3) is 0 Å². The molecule has 3 rings (SSSR count). The molecule has 0 aliphatic rings. The standard InChI is InChI=1S/C18H14F4N4O3/c1-10-4-5-23-7-13(10)9-28-17(27)24-8-12-3-2-11(6-14(12)19)15-25-16(29-26-15)18(20,21)22/h2-7H,8-9H2,1H3,(H,24,27). The number of rotatable bonds is 5. The summed E-state index contributed by atoms with van der Waals surface area (Å²) in [6, 6.07) is 5.33. The lowest BCUT2D eigenvalue weighted by molar-refractivity contribution is -0.159. The second kappa shape index (κ2) is 8.25. The van der Waals surface area contributed by atoms with Crippen molar-refractivity contribution in [3.8, 4) is 11.4 Å². The first-order valence-electron chi connectivity index (χ1n) is 8.24. The van der Waals surface area contributed by atoms with Crippen LogP contribution in [0.25, 0.3) is 11.4 Å². The number of hydrogen-bond acceptors (Lipinski definition) is 6. The van der Waals surface area contributed by atoms with Crippen LogP contribution in [0.15, 0.2) is 41.2 Å². The Hall–Kier alpha value is -3.50. The first-order chi connectivity index (χ1) is 13.7. The molecule has 0 fully saturated rings. The van der Waals surface area contributed by atoms with E-state index in [1.54, 1.807) is 18.5 Å². The number of carbonyl (C=O) groups excluding carboxylic acids is 1. The van der Waals surface area contributed by atoms with E-state index in [1.165, 1.54) is 12.1 Å². The Morgan fingerprint density at radius 3 is 2.69 bits per heavy atom. The number of pyridine rings is 1. The van der Waals surface area contributed by atoms with E-state index in [-0.39, 0.29) is 24.3 Å². The predicted molar refractivity (Wildman–Crippen MR) is 90.7 cm³/mol. The molecule has 0 radical (unpaired) electrons. The number of benzene rings is 1. The maximum atomic E-state index is 14.2. The molecular weight excluding hydrogens is 396 g/mol. The minimum atomic E-state index is -4.79. The molecule has 0 aliphatic heterocycles. The van der Waals surface area contributed by atoms with Gasteiger partial charge in [0.05, 0.1) is 0 Å². The van der Waals surface area contributed by atoms with Crippen molar-refractivity contribution in [1.29, 1.82) is 0 Å². The molecule has 7 nitrogen and oxygen atoms in total. The van der Waals surface area contributed by atoms with Crippen molar-refractivity contribution in [2.45, 2.75) is 26.3 Å². The number of aromatic nitrogens is 3. The largest absolute Gasteiger partial charge is 0.471 e. The smallest absolute Gasteiger partial charge is 0.445 e. The molecule has 2 aromatic heterocycles. The topological polar surface area (TPSA) is 90.1 Å². The number of alkyl carbamates (subject to hydrolysis) is 1. The number of ether oxygens (including phenoxy) is 1. The molecule has 0 spiro atoms. The van der Waals surface area contributed by atoms with Gasteiger partial charge in [-0.25, -0.2) is 9.18 Å². The van der Waals surface area contributed by atoms with Crippen molar-refractivity contribution < 1.29 is 31.6 Å². The van der Waals surface area contributed by atoms with Crippen molar-refractivity contribution >= 4 is 6.09 Å². The molecule has 0 saturated heterocycles. The third-order valence-corrected chi connectivity index (χ3v) is 3.91. The molecule has 0 atom stereocenters. The van der Waals surface area contributed by atoms with Crippen LogP contribution in [-0.4, -0.2) is 21.2 Å². The first-order valence-corrected chi connectivity index (χ1v) is 8.24. The fourth-order valence-electron chi connectivity index (χ4n) is 2.30. The van der Waals surface area contributed by atoms with Crippen LogP contribution in [-0.2, 0) is 24.1 Å². The average Bonchev–Trinajstić information content (AvgIpc) is 3.17. The van der Waals surface area contributed by atoms with Gasteiger partial charge < -0.3 is 14.6 Å². The van der Waals surface area contributed by atoms with Crippen LogP contribution in [0.2, 0.25) is 0 Å². The molecule has 152 valence electrons. The maximum Gasteiger partial charge on any atom is 0.471 e. The molecule has 0 aliphatic carbocycles. The summed E-state index contributed by atoms with van der Waals surface area (Å²) < 4.78 is 60.9. The molecule has 29 heavy (non-hydrogen) atoms. The molecule has 0 bridgehead atoms. The van der Waals surface area contributed by atoms with E-state index in [1.807, 2.05) is 6.92 Å². The maximum absolute atomic E-state index is 14.2. The Balaban J connectivity index is 1.58. The second-order valence-corrected chi connectivity index (χ2v) is 5.96. The van der Waals surface area contributed by atoms with Gasteiger partial charge in [-0.05, 0) is 24.6 Å². The first kappa shape index (κ1) is 20.2.